The molecule has 2 N–H and O–H groups in total. The van der Waals surface area contributed by atoms with E-state index in [1.807, 2.05) is 25.1 Å². The maximum Gasteiger partial charge on any atom is 0.404 e. The van der Waals surface area contributed by atoms with Crippen molar-refractivity contribution in [2.75, 3.05) is 37.8 Å². The van der Waals surface area contributed by atoms with Crippen LogP contribution in [0.3, 0.4) is 0 Å². The number of benzene rings is 1. The van der Waals surface area contributed by atoms with Gasteiger partial charge in [0.25, 0.3) is 0 Å². The monoisotopic (exact) mass is 499 g/mol. The number of alkyl halides is 3. The second-order valence-electron chi connectivity index (χ2n) is 9.44. The molecule has 2 atom stereocenters. The SMILES string of the molecule is CN=c1ncc2cc(-c3cc(NC(=O)C4CCN(C)C(C(F)(F)F)C4)ccc3C)c3n(c-2n1)CCN3. The minimum atomic E-state index is -4.36. The summed E-state index contributed by atoms with van der Waals surface area (Å²) in [6, 6.07) is 5.97. The highest BCUT2D eigenvalue weighted by atomic mass is 19.4. The van der Waals surface area contributed by atoms with Crippen molar-refractivity contribution in [3.63, 3.8) is 0 Å². The molecule has 4 aliphatic rings. The largest absolute Gasteiger partial charge is 0.404 e. The topological polar surface area (TPSA) is 87.4 Å². The maximum atomic E-state index is 13.4. The number of nitrogens with one attached hydrogen (secondary N) is 2. The maximum absolute atomic E-state index is 13.4. The van der Waals surface area contributed by atoms with E-state index in [-0.39, 0.29) is 18.9 Å². The fourth-order valence-electron chi connectivity index (χ4n) is 5.11. The molecule has 0 bridgehead atoms. The van der Waals surface area contributed by atoms with E-state index in [1.54, 1.807) is 19.3 Å². The Morgan fingerprint density at radius 3 is 2.78 bits per heavy atom. The van der Waals surface area contributed by atoms with Gasteiger partial charge in [0.2, 0.25) is 11.5 Å². The number of rotatable bonds is 3. The smallest absolute Gasteiger partial charge is 0.369 e. The van der Waals surface area contributed by atoms with E-state index < -0.39 is 18.1 Å². The average Bonchev–Trinajstić information content (AvgIpc) is 3.34. The first-order valence-corrected chi connectivity index (χ1v) is 11.9. The van der Waals surface area contributed by atoms with Gasteiger partial charge >= 0.3 is 6.18 Å². The molecule has 8 nitrogen and oxygen atoms in total. The molecule has 2 unspecified atom stereocenters. The number of likely N-dealkylation sites (tertiary alicyclic amines) is 1. The minimum Gasteiger partial charge on any atom is -0.369 e. The second kappa shape index (κ2) is 9.20. The summed E-state index contributed by atoms with van der Waals surface area (Å²) < 4.78 is 42.3. The van der Waals surface area contributed by atoms with Crippen LogP contribution < -0.4 is 16.3 Å². The number of nitrogens with zero attached hydrogens (tertiary/aromatic N) is 5. The molecule has 1 aromatic carbocycles. The molecule has 190 valence electrons. The highest BCUT2D eigenvalue weighted by Crippen LogP contribution is 2.39. The number of pyridine rings is 1. The van der Waals surface area contributed by atoms with Gasteiger partial charge in [0, 0.05) is 49.1 Å². The van der Waals surface area contributed by atoms with E-state index in [9.17, 15) is 18.0 Å². The van der Waals surface area contributed by atoms with E-state index in [2.05, 4.69) is 30.2 Å². The van der Waals surface area contributed by atoms with E-state index >= 15 is 0 Å². The number of piperidine rings is 1. The summed E-state index contributed by atoms with van der Waals surface area (Å²) in [5.41, 5.74) is 4.68. The second-order valence-corrected chi connectivity index (χ2v) is 9.44. The van der Waals surface area contributed by atoms with Crippen molar-refractivity contribution < 1.29 is 18.0 Å². The Labute approximate surface area is 206 Å². The van der Waals surface area contributed by atoms with Crippen molar-refractivity contribution in [1.82, 2.24) is 19.4 Å². The lowest BCUT2D eigenvalue weighted by Gasteiger charge is -2.37. The quantitative estimate of drug-likeness (QED) is 0.576. The lowest BCUT2D eigenvalue weighted by Crippen LogP contribution is -2.50. The van der Waals surface area contributed by atoms with Gasteiger partial charge in [-0.2, -0.15) is 18.2 Å². The summed E-state index contributed by atoms with van der Waals surface area (Å²) in [4.78, 5) is 27.2. The van der Waals surface area contributed by atoms with Gasteiger partial charge in [-0.3, -0.25) is 14.7 Å². The number of anilines is 2. The van der Waals surface area contributed by atoms with E-state index in [0.29, 0.717) is 17.7 Å². The molecule has 36 heavy (non-hydrogen) atoms. The first-order valence-electron chi connectivity index (χ1n) is 11.9. The third-order valence-electron chi connectivity index (χ3n) is 7.11. The third-order valence-corrected chi connectivity index (χ3v) is 7.11. The van der Waals surface area contributed by atoms with Gasteiger partial charge in [0.1, 0.15) is 17.7 Å². The van der Waals surface area contributed by atoms with E-state index in [1.165, 1.54) is 11.9 Å². The number of carbonyl (C=O) groups excluding carboxylic acids is 1. The van der Waals surface area contributed by atoms with Crippen LogP contribution in [0.25, 0.3) is 22.5 Å². The first-order chi connectivity index (χ1) is 17.2. The van der Waals surface area contributed by atoms with Crippen LogP contribution in [0, 0.1) is 12.8 Å². The Hall–Kier alpha value is -3.47. The molecule has 4 aliphatic heterocycles. The number of hydrogen-bond acceptors (Lipinski definition) is 6. The van der Waals surface area contributed by atoms with Gasteiger partial charge in [-0.1, -0.05) is 6.07 Å². The Morgan fingerprint density at radius 1 is 1.22 bits per heavy atom. The number of carbonyl (C=O) groups is 1. The van der Waals surface area contributed by atoms with E-state index in [4.69, 9.17) is 0 Å². The highest BCUT2D eigenvalue weighted by molar-refractivity contribution is 5.94. The molecule has 5 rings (SSSR count). The standard InChI is InChI=1S/C25H28F3N7O/c1-14-4-5-17(32-23(36)15-6-8-34(3)20(11-15)25(26,27)28)12-18(14)19-10-16-13-31-24(29-2)33-21(16)35-9-7-30-22(19)35/h4-5,10,12-13,15,20,30H,6-9,11H2,1-3H3,(H,32,36). The molecular weight excluding hydrogens is 471 g/mol. The van der Waals surface area contributed by atoms with Crippen LogP contribution >= 0.6 is 0 Å². The third kappa shape index (κ3) is 4.43. The minimum absolute atomic E-state index is 0.225. The summed E-state index contributed by atoms with van der Waals surface area (Å²) in [5.74, 6) is 0.624. The summed E-state index contributed by atoms with van der Waals surface area (Å²) in [6.45, 7) is 3.70. The van der Waals surface area contributed by atoms with Crippen molar-refractivity contribution in [2.24, 2.45) is 10.9 Å². The van der Waals surface area contributed by atoms with E-state index in [0.717, 1.165) is 47.0 Å². The number of aryl methyl sites for hydroxylation is 1. The normalized spacial score (nSPS) is 20.9. The Kier molecular flexibility index (Phi) is 6.19. The Balaban J connectivity index is 1.46. The fraction of sp³-hybridized carbons (Fsp3) is 0.440. The van der Waals surface area contributed by atoms with Gasteiger partial charge in [0.15, 0.2) is 0 Å². The molecule has 0 aliphatic carbocycles. The van der Waals surface area contributed by atoms with Crippen LogP contribution in [-0.2, 0) is 11.3 Å². The number of amides is 1. The fourth-order valence-corrected chi connectivity index (χ4v) is 5.11. The van der Waals surface area contributed by atoms with Gasteiger partial charge in [-0.15, -0.1) is 0 Å². The summed E-state index contributed by atoms with van der Waals surface area (Å²) >= 11 is 0. The molecule has 1 aromatic rings. The zero-order valence-electron chi connectivity index (χ0n) is 20.4. The number of halogens is 3. The first kappa shape index (κ1) is 24.2. The number of aromatic nitrogens is 3. The predicted octanol–water partition coefficient (Wildman–Crippen LogP) is 3.53. The summed E-state index contributed by atoms with van der Waals surface area (Å²) in [6.07, 6.45) is -2.47. The van der Waals surface area contributed by atoms with Crippen LogP contribution in [-0.4, -0.2) is 64.7 Å². The van der Waals surface area contributed by atoms with Crippen molar-refractivity contribution in [2.45, 2.75) is 38.5 Å². The lowest BCUT2D eigenvalue weighted by molar-refractivity contribution is -0.191. The zero-order chi connectivity index (χ0) is 25.6. The average molecular weight is 500 g/mol. The molecule has 11 heteroatoms. The molecule has 0 spiro atoms. The molecule has 1 fully saturated rings. The van der Waals surface area contributed by atoms with Crippen LogP contribution in [0.4, 0.5) is 24.7 Å². The van der Waals surface area contributed by atoms with Crippen molar-refractivity contribution in [1.29, 1.82) is 0 Å². The van der Waals surface area contributed by atoms with Crippen molar-refractivity contribution >= 4 is 17.4 Å². The zero-order valence-corrected chi connectivity index (χ0v) is 20.4. The Bertz CT molecular complexity index is 1350. The molecule has 0 saturated carbocycles. The molecule has 0 radical (unpaired) electrons. The van der Waals surface area contributed by atoms with Crippen LogP contribution in [0.15, 0.2) is 35.5 Å². The van der Waals surface area contributed by atoms with Gasteiger partial charge in [0.05, 0.1) is 0 Å². The van der Waals surface area contributed by atoms with Gasteiger partial charge in [-0.25, -0.2) is 4.98 Å². The molecular formula is C25H28F3N7O. The summed E-state index contributed by atoms with van der Waals surface area (Å²) in [7, 11) is 3.10. The number of hydrogen-bond donors (Lipinski definition) is 2. The Morgan fingerprint density at radius 2 is 2.03 bits per heavy atom. The molecule has 0 aromatic heterocycles. The van der Waals surface area contributed by atoms with Crippen LogP contribution in [0.5, 0.6) is 0 Å². The summed E-state index contributed by atoms with van der Waals surface area (Å²) in [5, 5.41) is 6.30. The predicted molar refractivity (Wildman–Crippen MR) is 131 cm³/mol. The van der Waals surface area contributed by atoms with Crippen LogP contribution in [0.1, 0.15) is 18.4 Å². The lowest BCUT2D eigenvalue weighted by atomic mass is 9.90. The molecule has 4 heterocycles. The van der Waals surface area contributed by atoms with Crippen molar-refractivity contribution in [3.8, 4) is 22.5 Å². The highest BCUT2D eigenvalue weighted by Gasteiger charge is 2.46. The van der Waals surface area contributed by atoms with Crippen LogP contribution in [0.2, 0.25) is 0 Å². The molecule has 1 saturated heterocycles. The molecule has 1 amide bonds. The van der Waals surface area contributed by atoms with Gasteiger partial charge in [-0.05, 0) is 62.7 Å². The van der Waals surface area contributed by atoms with Crippen molar-refractivity contribution in [3.05, 3.63) is 41.6 Å². The number of fused-ring (bicyclic) bond motifs is 3. The van der Waals surface area contributed by atoms with Gasteiger partial charge < -0.3 is 15.2 Å².